The Morgan fingerprint density at radius 2 is 1.45 bits per heavy atom. The van der Waals surface area contributed by atoms with Crippen molar-refractivity contribution in [1.29, 1.82) is 0 Å². The average molecular weight is 674 g/mol. The molecule has 0 atom stereocenters. The fourth-order valence-corrected chi connectivity index (χ4v) is 4.88. The van der Waals surface area contributed by atoms with Crippen LogP contribution in [-0.4, -0.2) is 83.3 Å². The highest BCUT2D eigenvalue weighted by atomic mass is 16.5. The summed E-state index contributed by atoms with van der Waals surface area (Å²) < 4.78 is 5.32. The van der Waals surface area contributed by atoms with Crippen LogP contribution in [0.3, 0.4) is 0 Å². The monoisotopic (exact) mass is 673 g/mol. The largest absolute Gasteiger partial charge is 0.496 e. The number of rotatable bonds is 17. The van der Waals surface area contributed by atoms with Gasteiger partial charge in [-0.05, 0) is 81.1 Å². The van der Waals surface area contributed by atoms with Gasteiger partial charge < -0.3 is 35.6 Å². The minimum atomic E-state index is -1.11. The number of benzene rings is 3. The van der Waals surface area contributed by atoms with Crippen LogP contribution in [0.2, 0.25) is 0 Å². The molecule has 3 aromatic rings. The Labute approximate surface area is 287 Å². The zero-order valence-electron chi connectivity index (χ0n) is 29.0. The average Bonchev–Trinajstić information content (AvgIpc) is 3.06. The van der Waals surface area contributed by atoms with Crippen LogP contribution < -0.4 is 20.7 Å². The van der Waals surface area contributed by atoms with Crippen molar-refractivity contribution in [2.24, 2.45) is 5.92 Å². The summed E-state index contributed by atoms with van der Waals surface area (Å²) in [6.07, 6.45) is 0.260. The molecule has 49 heavy (non-hydrogen) atoms. The molecule has 0 aliphatic rings. The third-order valence-corrected chi connectivity index (χ3v) is 7.90. The second-order valence-electron chi connectivity index (χ2n) is 12.7. The summed E-state index contributed by atoms with van der Waals surface area (Å²) >= 11 is 0. The summed E-state index contributed by atoms with van der Waals surface area (Å²) in [5.74, 6) is -1.86. The maximum Gasteiger partial charge on any atom is 0.323 e. The number of amides is 4. The minimum Gasteiger partial charge on any atom is -0.496 e. The summed E-state index contributed by atoms with van der Waals surface area (Å²) in [6, 6.07) is 20.5. The topological polar surface area (TPSA) is 157 Å². The maximum atomic E-state index is 13.7. The molecule has 0 saturated carbocycles. The molecule has 3 aromatic carbocycles. The van der Waals surface area contributed by atoms with E-state index >= 15 is 0 Å². The number of carbonyl (C=O) groups is 5. The van der Waals surface area contributed by atoms with Gasteiger partial charge in [-0.15, -0.1) is 0 Å². The van der Waals surface area contributed by atoms with E-state index in [1.807, 2.05) is 45.0 Å². The number of Topliss-reactive ketones (excluding diaryl/α,β-unsaturated/α-hetero) is 1. The molecular formula is C37H47N5O7. The number of nitrogens with zero attached hydrogens (tertiary/aromatic N) is 2. The fourth-order valence-electron chi connectivity index (χ4n) is 4.88. The minimum absolute atomic E-state index is 0.199. The second-order valence-corrected chi connectivity index (χ2v) is 12.7. The number of para-hydroxylation sites is 2. The Hall–Kier alpha value is -5.39. The number of ketones is 1. The van der Waals surface area contributed by atoms with Gasteiger partial charge in [-0.3, -0.25) is 19.2 Å². The molecule has 4 amide bonds. The van der Waals surface area contributed by atoms with Gasteiger partial charge in [-0.25, -0.2) is 4.79 Å². The number of carboxylic acid groups (broad SMARTS) is 1. The fraction of sp³-hybridized carbons (Fsp3) is 0.378. The van der Waals surface area contributed by atoms with Crippen LogP contribution in [0.15, 0.2) is 72.8 Å². The van der Waals surface area contributed by atoms with Crippen LogP contribution in [0.25, 0.3) is 0 Å². The third kappa shape index (κ3) is 11.7. The van der Waals surface area contributed by atoms with Gasteiger partial charge >= 0.3 is 12.0 Å². The first-order valence-corrected chi connectivity index (χ1v) is 16.2. The zero-order chi connectivity index (χ0) is 36.1. The lowest BCUT2D eigenvalue weighted by Gasteiger charge is -2.32. The van der Waals surface area contributed by atoms with Crippen LogP contribution in [0.5, 0.6) is 5.75 Å². The highest BCUT2D eigenvalue weighted by Gasteiger charge is 2.32. The highest BCUT2D eigenvalue weighted by molar-refractivity contribution is 6.01. The molecule has 12 nitrogen and oxygen atoms in total. The Morgan fingerprint density at radius 3 is 2.08 bits per heavy atom. The number of methoxy groups -OCH3 is 1. The molecule has 12 heteroatoms. The van der Waals surface area contributed by atoms with E-state index < -0.39 is 29.9 Å². The molecule has 0 saturated heterocycles. The van der Waals surface area contributed by atoms with Gasteiger partial charge in [-0.1, -0.05) is 44.2 Å². The zero-order valence-corrected chi connectivity index (χ0v) is 29.0. The van der Waals surface area contributed by atoms with Crippen molar-refractivity contribution in [3.63, 3.8) is 0 Å². The van der Waals surface area contributed by atoms with Gasteiger partial charge in [0.15, 0.2) is 5.78 Å². The number of carbonyl (C=O) groups excluding carboxylic acids is 4. The van der Waals surface area contributed by atoms with E-state index in [0.717, 1.165) is 5.56 Å². The van der Waals surface area contributed by atoms with Crippen LogP contribution in [0.1, 0.15) is 56.5 Å². The van der Waals surface area contributed by atoms with Gasteiger partial charge in [0.2, 0.25) is 5.91 Å². The van der Waals surface area contributed by atoms with Gasteiger partial charge in [0.1, 0.15) is 12.3 Å². The van der Waals surface area contributed by atoms with Crippen LogP contribution in [0.4, 0.5) is 21.9 Å². The van der Waals surface area contributed by atoms with E-state index in [1.165, 1.54) is 16.9 Å². The number of aliphatic carboxylic acids is 1. The lowest BCUT2D eigenvalue weighted by molar-refractivity contribution is -0.139. The summed E-state index contributed by atoms with van der Waals surface area (Å²) in [5, 5.41) is 18.2. The lowest BCUT2D eigenvalue weighted by atomic mass is 9.97. The van der Waals surface area contributed by atoms with Gasteiger partial charge in [0.05, 0.1) is 31.2 Å². The maximum absolute atomic E-state index is 13.7. The Morgan fingerprint density at radius 1 is 0.816 bits per heavy atom. The number of hydrogen-bond acceptors (Lipinski definition) is 7. The van der Waals surface area contributed by atoms with Crippen LogP contribution in [0, 0.1) is 12.8 Å². The number of aryl methyl sites for hydroxylation is 1. The van der Waals surface area contributed by atoms with Crippen molar-refractivity contribution in [3.8, 4) is 5.75 Å². The van der Waals surface area contributed by atoms with E-state index in [1.54, 1.807) is 62.4 Å². The summed E-state index contributed by atoms with van der Waals surface area (Å²) in [7, 11) is 1.42. The van der Waals surface area contributed by atoms with E-state index in [2.05, 4.69) is 16.0 Å². The lowest BCUT2D eigenvalue weighted by Crippen LogP contribution is -2.50. The molecule has 3 rings (SSSR count). The van der Waals surface area contributed by atoms with Gasteiger partial charge in [-0.2, -0.15) is 0 Å². The Bertz CT molecular complexity index is 1620. The highest BCUT2D eigenvalue weighted by Crippen LogP contribution is 2.22. The molecule has 0 spiro atoms. The molecule has 0 aliphatic heterocycles. The standard InChI is InChI=1S/C37H47N5O7/c1-25(2)19-21-41(33(44)24-42(22-20-34(45)46)35(47)29-12-8-10-14-31(29)49-6)23-32(43)37(4,5)40-28-17-15-27(16-18-28)38-36(48)39-30-13-9-7-11-26(30)3/h7-18,25,40H,19-24H2,1-6H3,(H,45,46)(H2,38,39,48). The smallest absolute Gasteiger partial charge is 0.323 e. The molecule has 0 heterocycles. The third-order valence-electron chi connectivity index (χ3n) is 7.90. The van der Waals surface area contributed by atoms with Crippen molar-refractivity contribution >= 4 is 46.7 Å². The number of hydrogen-bond donors (Lipinski definition) is 4. The first kappa shape index (κ1) is 38.1. The predicted molar refractivity (Wildman–Crippen MR) is 190 cm³/mol. The number of nitrogens with one attached hydrogen (secondary N) is 3. The molecule has 0 fully saturated rings. The molecule has 4 N–H and O–H groups in total. The summed E-state index contributed by atoms with van der Waals surface area (Å²) in [4.78, 5) is 67.4. The molecule has 0 aromatic heterocycles. The van der Waals surface area contributed by atoms with Crippen LogP contribution >= 0.6 is 0 Å². The van der Waals surface area contributed by atoms with E-state index in [4.69, 9.17) is 4.74 Å². The molecule has 0 unspecified atom stereocenters. The van der Waals surface area contributed by atoms with Crippen molar-refractivity contribution in [2.45, 2.75) is 53.0 Å². The molecule has 0 radical (unpaired) electrons. The first-order valence-electron chi connectivity index (χ1n) is 16.2. The molecule has 262 valence electrons. The normalized spacial score (nSPS) is 11.0. The van der Waals surface area contributed by atoms with Gasteiger partial charge in [0, 0.05) is 30.2 Å². The van der Waals surface area contributed by atoms with Crippen LogP contribution in [-0.2, 0) is 14.4 Å². The number of anilines is 3. The Balaban J connectivity index is 1.70. The molecule has 0 bridgehead atoms. The molecular weight excluding hydrogens is 626 g/mol. The quantitative estimate of drug-likeness (QED) is 0.138. The van der Waals surface area contributed by atoms with Crippen molar-refractivity contribution < 1.29 is 33.8 Å². The first-order chi connectivity index (χ1) is 23.2. The number of urea groups is 1. The van der Waals surface area contributed by atoms with E-state index in [0.29, 0.717) is 29.2 Å². The van der Waals surface area contributed by atoms with E-state index in [-0.39, 0.29) is 49.4 Å². The number of ether oxygens (including phenoxy) is 1. The number of carboxylic acids is 1. The van der Waals surface area contributed by atoms with Crippen molar-refractivity contribution in [1.82, 2.24) is 9.80 Å². The summed E-state index contributed by atoms with van der Waals surface area (Å²) in [5.41, 5.74) is 1.93. The van der Waals surface area contributed by atoms with Crippen molar-refractivity contribution in [2.75, 3.05) is 49.2 Å². The van der Waals surface area contributed by atoms with Crippen molar-refractivity contribution in [3.05, 3.63) is 83.9 Å². The van der Waals surface area contributed by atoms with Gasteiger partial charge in [0.25, 0.3) is 5.91 Å². The Kier molecular flexibility index (Phi) is 13.7. The second kappa shape index (κ2) is 17.7. The predicted octanol–water partition coefficient (Wildman–Crippen LogP) is 5.90. The SMILES string of the molecule is COc1ccccc1C(=O)N(CCC(=O)O)CC(=O)N(CCC(C)C)CC(=O)C(C)(C)Nc1ccc(NC(=O)Nc2ccccc2C)cc1. The summed E-state index contributed by atoms with van der Waals surface area (Å²) in [6.45, 7) is 8.79. The molecule has 0 aliphatic carbocycles. The van der Waals surface area contributed by atoms with E-state index in [9.17, 15) is 29.1 Å².